The number of rotatable bonds is 8. The molecular formula is C34H33ClF2N6O4S. The van der Waals surface area contributed by atoms with E-state index >= 15 is 0 Å². The van der Waals surface area contributed by atoms with Gasteiger partial charge in [0.2, 0.25) is 0 Å². The van der Waals surface area contributed by atoms with E-state index in [-0.39, 0.29) is 23.1 Å². The summed E-state index contributed by atoms with van der Waals surface area (Å²) in [6, 6.07) is 6.53. The quantitative estimate of drug-likeness (QED) is 0.159. The number of sulfone groups is 1. The summed E-state index contributed by atoms with van der Waals surface area (Å²) >= 11 is 6.61. The summed E-state index contributed by atoms with van der Waals surface area (Å²) in [5.41, 5.74) is 9.22. The number of benzene rings is 1. The number of aryl methyl sites for hydroxylation is 2. The summed E-state index contributed by atoms with van der Waals surface area (Å²) in [5.74, 6) is 3.23. The second-order valence-electron chi connectivity index (χ2n) is 12.4. The van der Waals surface area contributed by atoms with E-state index in [9.17, 15) is 26.8 Å². The normalized spacial score (nSPS) is 13.8. The highest BCUT2D eigenvalue weighted by Gasteiger charge is 2.43. The summed E-state index contributed by atoms with van der Waals surface area (Å²) in [5, 5.41) is 5.47. The van der Waals surface area contributed by atoms with E-state index in [2.05, 4.69) is 39.0 Å². The molecule has 10 nitrogen and oxygen atoms in total. The zero-order valence-corrected chi connectivity index (χ0v) is 28.5. The second kappa shape index (κ2) is 12.3. The van der Waals surface area contributed by atoms with E-state index < -0.39 is 37.9 Å². The van der Waals surface area contributed by atoms with Crippen molar-refractivity contribution < 1.29 is 26.8 Å². The number of aromatic nitrogens is 3. The molecule has 1 fully saturated rings. The summed E-state index contributed by atoms with van der Waals surface area (Å²) in [7, 11) is -1.77. The summed E-state index contributed by atoms with van der Waals surface area (Å²) in [6.07, 6.45) is 4.77. The van der Waals surface area contributed by atoms with Crippen molar-refractivity contribution >= 4 is 55.7 Å². The zero-order chi connectivity index (χ0) is 35.3. The van der Waals surface area contributed by atoms with E-state index in [0.29, 0.717) is 62.9 Å². The van der Waals surface area contributed by atoms with Crippen LogP contribution in [0.15, 0.2) is 49.1 Å². The Hall–Kier alpha value is -4.80. The molecule has 0 spiro atoms. The van der Waals surface area contributed by atoms with Crippen molar-refractivity contribution in [3.8, 4) is 34.2 Å². The number of hydrogen-bond acceptors (Lipinski definition) is 7. The third-order valence-electron chi connectivity index (χ3n) is 8.35. The lowest BCUT2D eigenvalue weighted by molar-refractivity contribution is -0.114. The molecule has 1 aliphatic carbocycles. The molecule has 0 bridgehead atoms. The predicted octanol–water partition coefficient (Wildman–Crippen LogP) is 5.67. The molecule has 0 radical (unpaired) electrons. The first-order valence-electron chi connectivity index (χ1n) is 14.7. The van der Waals surface area contributed by atoms with E-state index in [1.807, 2.05) is 4.57 Å². The van der Waals surface area contributed by atoms with Gasteiger partial charge in [-0.15, -0.1) is 0 Å². The van der Waals surface area contributed by atoms with Crippen LogP contribution >= 0.6 is 11.6 Å². The van der Waals surface area contributed by atoms with Crippen molar-refractivity contribution in [3.05, 3.63) is 70.9 Å². The van der Waals surface area contributed by atoms with Gasteiger partial charge in [-0.25, -0.2) is 27.2 Å². The van der Waals surface area contributed by atoms with Crippen LogP contribution in [0.25, 0.3) is 33.3 Å². The molecule has 0 unspecified atom stereocenters. The number of carbonyl (C=O) groups is 2. The summed E-state index contributed by atoms with van der Waals surface area (Å²) < 4.78 is 52.8. The molecule has 14 heteroatoms. The molecule has 4 aromatic rings. The molecule has 48 heavy (non-hydrogen) atoms. The van der Waals surface area contributed by atoms with Crippen LogP contribution in [0.1, 0.15) is 48.3 Å². The van der Waals surface area contributed by atoms with Gasteiger partial charge in [0.1, 0.15) is 21.9 Å². The molecule has 5 rings (SSSR count). The highest BCUT2D eigenvalue weighted by molar-refractivity contribution is 7.92. The maximum absolute atomic E-state index is 14.2. The predicted molar refractivity (Wildman–Crippen MR) is 184 cm³/mol. The average Bonchev–Trinajstić information content (AvgIpc) is 3.66. The van der Waals surface area contributed by atoms with E-state index in [1.54, 1.807) is 38.2 Å². The fourth-order valence-electron chi connectivity index (χ4n) is 5.09. The number of halogens is 3. The van der Waals surface area contributed by atoms with Gasteiger partial charge in [0.05, 0.1) is 33.7 Å². The van der Waals surface area contributed by atoms with Crippen LogP contribution < -0.4 is 16.4 Å². The van der Waals surface area contributed by atoms with Gasteiger partial charge >= 0.3 is 0 Å². The molecule has 250 valence electrons. The minimum atomic E-state index is -3.54. The Morgan fingerprint density at radius 2 is 1.90 bits per heavy atom. The Morgan fingerprint density at radius 3 is 2.48 bits per heavy atom. The van der Waals surface area contributed by atoms with Gasteiger partial charge in [-0.2, -0.15) is 0 Å². The number of hydrogen-bond donors (Lipinski definition) is 3. The van der Waals surface area contributed by atoms with Crippen molar-refractivity contribution in [1.29, 1.82) is 0 Å². The van der Waals surface area contributed by atoms with Crippen molar-refractivity contribution in [2.24, 2.45) is 7.05 Å². The zero-order valence-electron chi connectivity index (χ0n) is 26.9. The molecule has 2 amide bonds. The van der Waals surface area contributed by atoms with Crippen LogP contribution in [0.2, 0.25) is 5.02 Å². The van der Waals surface area contributed by atoms with Crippen LogP contribution in [-0.4, -0.2) is 58.0 Å². The Morgan fingerprint density at radius 1 is 1.21 bits per heavy atom. The smallest absolute Gasteiger partial charge is 0.283 e. The molecule has 3 aromatic heterocycles. The average molecular weight is 695 g/mol. The molecule has 1 aliphatic rings. The summed E-state index contributed by atoms with van der Waals surface area (Å²) in [4.78, 5) is 33.5. The topological polar surface area (TPSA) is 149 Å². The fraction of sp³-hybridized carbons (Fsp3) is 0.294. The number of nitrogens with one attached hydrogen (secondary N) is 2. The minimum absolute atomic E-state index is 0.00951. The monoisotopic (exact) mass is 694 g/mol. The molecule has 0 saturated heterocycles. The molecule has 0 atom stereocenters. The Balaban J connectivity index is 1.74. The van der Waals surface area contributed by atoms with Crippen LogP contribution in [0, 0.1) is 18.8 Å². The lowest BCUT2D eigenvalue weighted by Gasteiger charge is -2.14. The number of nitrogens with two attached hydrogens (primary N) is 1. The lowest BCUT2D eigenvalue weighted by Crippen LogP contribution is -2.31. The standard InChI is InChI=1S/C34H33ClF2N6O4S/c1-18-13-22(42-31(44)19(2)36)7-8-23(18)29-25(21-14-24(35)27(39-16-21)32(45)41-17-34(37)11-12-34)26-28(43(29)5)20(15-40-30(26)38)9-10-33(3,4)48(6,46)47/h7-8,13-16H,2,11-12,17H2,1,3-6H3,(H2,38,40)(H,41,45)(H,42,44). The number of carbonyl (C=O) groups excluding carboxylic acids is 2. The highest BCUT2D eigenvalue weighted by atomic mass is 35.5. The van der Waals surface area contributed by atoms with Crippen LogP contribution in [-0.2, 0) is 21.7 Å². The number of pyridine rings is 2. The Bertz CT molecular complexity index is 2220. The van der Waals surface area contributed by atoms with Gasteiger partial charge in [-0.3, -0.25) is 9.59 Å². The van der Waals surface area contributed by atoms with Crippen molar-refractivity contribution in [3.63, 3.8) is 0 Å². The third kappa shape index (κ3) is 6.63. The molecule has 0 aliphatic heterocycles. The highest BCUT2D eigenvalue weighted by Crippen LogP contribution is 2.45. The van der Waals surface area contributed by atoms with Gasteiger partial charge in [-0.1, -0.05) is 36.1 Å². The molecule has 4 N–H and O–H groups in total. The van der Waals surface area contributed by atoms with Crippen molar-refractivity contribution in [1.82, 2.24) is 19.9 Å². The van der Waals surface area contributed by atoms with E-state index in [4.69, 9.17) is 17.3 Å². The second-order valence-corrected chi connectivity index (χ2v) is 15.3. The fourth-order valence-corrected chi connectivity index (χ4v) is 5.58. The number of amides is 2. The molecule has 3 heterocycles. The first-order valence-corrected chi connectivity index (χ1v) is 17.0. The Labute approximate surface area is 281 Å². The number of nitrogen functional groups attached to an aromatic ring is 1. The van der Waals surface area contributed by atoms with Crippen LogP contribution in [0.4, 0.5) is 20.3 Å². The van der Waals surface area contributed by atoms with Gasteiger partial charge in [0.15, 0.2) is 15.7 Å². The third-order valence-corrected chi connectivity index (χ3v) is 10.6. The van der Waals surface area contributed by atoms with Crippen LogP contribution in [0.5, 0.6) is 0 Å². The van der Waals surface area contributed by atoms with Gasteiger partial charge < -0.3 is 20.9 Å². The number of nitrogens with zero attached hydrogens (tertiary/aromatic N) is 3. The van der Waals surface area contributed by atoms with E-state index in [1.165, 1.54) is 26.2 Å². The number of fused-ring (bicyclic) bond motifs is 1. The van der Waals surface area contributed by atoms with Gasteiger partial charge in [-0.05, 0) is 57.4 Å². The largest absolute Gasteiger partial charge is 0.383 e. The van der Waals surface area contributed by atoms with Crippen molar-refractivity contribution in [2.75, 3.05) is 23.9 Å². The minimum Gasteiger partial charge on any atom is -0.383 e. The lowest BCUT2D eigenvalue weighted by atomic mass is 9.96. The van der Waals surface area contributed by atoms with E-state index in [0.717, 1.165) is 6.26 Å². The molecule has 1 aromatic carbocycles. The van der Waals surface area contributed by atoms with Gasteiger partial charge in [0, 0.05) is 48.1 Å². The molecule has 1 saturated carbocycles. The van der Waals surface area contributed by atoms with Gasteiger partial charge in [0.25, 0.3) is 11.8 Å². The first-order chi connectivity index (χ1) is 22.3. The first kappa shape index (κ1) is 34.5. The number of alkyl halides is 1. The van der Waals surface area contributed by atoms with Crippen LogP contribution in [0.3, 0.4) is 0 Å². The molecular weight excluding hydrogens is 662 g/mol. The maximum atomic E-state index is 14.2. The Kier molecular flexibility index (Phi) is 8.88. The maximum Gasteiger partial charge on any atom is 0.283 e. The van der Waals surface area contributed by atoms with Crippen molar-refractivity contribution in [2.45, 2.75) is 44.0 Å². The summed E-state index contributed by atoms with van der Waals surface area (Å²) in [6.45, 7) is 7.69. The SMILES string of the molecule is C=C(F)C(=O)Nc1ccc(-c2c(-c3cnc(C(=O)NCC4(F)CC4)c(Cl)c3)c3c(N)ncc(C#CC(C)(C)S(C)(=O)=O)c3n2C)c(C)c1. The number of anilines is 2.